The van der Waals surface area contributed by atoms with Gasteiger partial charge in [-0.2, -0.15) is 0 Å². The lowest BCUT2D eigenvalue weighted by molar-refractivity contribution is -0.534. The third-order valence-corrected chi connectivity index (χ3v) is 3.22. The van der Waals surface area contributed by atoms with Crippen LogP contribution in [0.2, 0.25) is 0 Å². The number of carboxylic acid groups (broad SMARTS) is 1. The number of aliphatic carboxylic acids is 1. The third-order valence-electron chi connectivity index (χ3n) is 3.22. The molecule has 0 radical (unpaired) electrons. The van der Waals surface area contributed by atoms with E-state index in [0.717, 1.165) is 0 Å². The molecule has 0 saturated heterocycles. The highest BCUT2D eigenvalue weighted by Crippen LogP contribution is 2.46. The fourth-order valence-corrected chi connectivity index (χ4v) is 2.51. The van der Waals surface area contributed by atoms with Crippen molar-refractivity contribution in [3.63, 3.8) is 0 Å². The maximum Gasteiger partial charge on any atom is 0.331 e. The summed E-state index contributed by atoms with van der Waals surface area (Å²) in [6.45, 7) is 0. The molecule has 3 N–H and O–H groups in total. The van der Waals surface area contributed by atoms with Crippen LogP contribution in [0, 0.1) is 22.0 Å². The predicted molar refractivity (Wildman–Crippen MR) is 46.1 cm³/mol. The fraction of sp³-hybridized carbons (Fsp3) is 0.625. The maximum atomic E-state index is 11.0. The molecule has 0 aromatic carbocycles. The minimum atomic E-state index is -1.72. The largest absolute Gasteiger partial charge is 0.480 e. The Labute approximate surface area is 79.5 Å². The quantitative estimate of drug-likeness (QED) is 0.357. The van der Waals surface area contributed by atoms with Gasteiger partial charge in [0.2, 0.25) is 6.04 Å². The standard InChI is InChI=1S/C8H10N2O4/c9-8(7(11)12)5-2-1-4(3-5)6(8)10(13)14/h1-2,4-6H,3,9H2,(H,11,12)/t4-,5+,6-,8+/m1/s1. The van der Waals surface area contributed by atoms with E-state index in [9.17, 15) is 14.9 Å². The minimum Gasteiger partial charge on any atom is -0.480 e. The van der Waals surface area contributed by atoms with Crippen molar-refractivity contribution in [1.29, 1.82) is 0 Å². The number of carbonyl (C=O) groups is 1. The molecule has 4 atom stereocenters. The van der Waals surface area contributed by atoms with E-state index in [-0.39, 0.29) is 5.92 Å². The van der Waals surface area contributed by atoms with Crippen LogP contribution in [0.1, 0.15) is 6.42 Å². The Morgan fingerprint density at radius 2 is 2.29 bits per heavy atom. The molecule has 0 aliphatic heterocycles. The van der Waals surface area contributed by atoms with Crippen LogP contribution in [0.25, 0.3) is 0 Å². The van der Waals surface area contributed by atoms with E-state index in [1.165, 1.54) is 0 Å². The van der Waals surface area contributed by atoms with Gasteiger partial charge in [-0.1, -0.05) is 12.2 Å². The molecule has 76 valence electrons. The summed E-state index contributed by atoms with van der Waals surface area (Å²) in [6.07, 6.45) is 3.86. The van der Waals surface area contributed by atoms with E-state index in [1.54, 1.807) is 12.2 Å². The SMILES string of the molecule is N[C@@]1(C(=O)O)[C@H]2C=C[C@H](C2)[C@H]1[N+](=O)[O-]. The molecule has 2 bridgehead atoms. The minimum absolute atomic E-state index is 0.323. The Kier molecular flexibility index (Phi) is 1.66. The van der Waals surface area contributed by atoms with E-state index in [2.05, 4.69) is 0 Å². The van der Waals surface area contributed by atoms with E-state index in [1.807, 2.05) is 0 Å². The van der Waals surface area contributed by atoms with Crippen LogP contribution in [0.5, 0.6) is 0 Å². The third kappa shape index (κ3) is 0.859. The van der Waals surface area contributed by atoms with Gasteiger partial charge in [0, 0.05) is 16.8 Å². The van der Waals surface area contributed by atoms with Gasteiger partial charge >= 0.3 is 5.97 Å². The highest BCUT2D eigenvalue weighted by molar-refractivity contribution is 5.81. The highest BCUT2D eigenvalue weighted by Gasteiger charge is 2.65. The summed E-state index contributed by atoms with van der Waals surface area (Å²) in [6, 6.07) is -1.19. The summed E-state index contributed by atoms with van der Waals surface area (Å²) in [5.41, 5.74) is 3.92. The molecular formula is C8H10N2O4. The molecule has 0 spiro atoms. The summed E-state index contributed by atoms with van der Waals surface area (Å²) in [4.78, 5) is 21.1. The number of fused-ring (bicyclic) bond motifs is 2. The summed E-state index contributed by atoms with van der Waals surface area (Å²) in [5.74, 6) is -2.01. The zero-order valence-corrected chi connectivity index (χ0v) is 7.29. The summed E-state index contributed by atoms with van der Waals surface area (Å²) in [7, 11) is 0. The Hall–Kier alpha value is -1.43. The molecule has 2 aliphatic carbocycles. The Balaban J connectivity index is 2.45. The lowest BCUT2D eigenvalue weighted by atomic mass is 9.82. The van der Waals surface area contributed by atoms with Gasteiger partial charge in [-0.25, -0.2) is 4.79 Å². The first-order valence-electron chi connectivity index (χ1n) is 4.32. The van der Waals surface area contributed by atoms with Crippen molar-refractivity contribution in [1.82, 2.24) is 0 Å². The summed E-state index contributed by atoms with van der Waals surface area (Å²) >= 11 is 0. The number of rotatable bonds is 2. The van der Waals surface area contributed by atoms with Crippen molar-refractivity contribution in [2.75, 3.05) is 0 Å². The number of hydrogen-bond donors (Lipinski definition) is 2. The number of hydrogen-bond acceptors (Lipinski definition) is 4. The van der Waals surface area contributed by atoms with E-state index in [0.29, 0.717) is 6.42 Å². The van der Waals surface area contributed by atoms with Crippen molar-refractivity contribution in [3.05, 3.63) is 22.3 Å². The number of carboxylic acids is 1. The molecule has 1 fully saturated rings. The Morgan fingerprint density at radius 3 is 2.71 bits per heavy atom. The van der Waals surface area contributed by atoms with Crippen LogP contribution in [-0.2, 0) is 4.79 Å². The number of nitro groups is 1. The molecule has 6 heteroatoms. The van der Waals surface area contributed by atoms with Crippen molar-refractivity contribution in [2.45, 2.75) is 18.0 Å². The molecule has 1 saturated carbocycles. The molecule has 0 amide bonds. The monoisotopic (exact) mass is 198 g/mol. The lowest BCUT2D eigenvalue weighted by Crippen LogP contribution is -2.62. The van der Waals surface area contributed by atoms with Gasteiger partial charge in [0.15, 0.2) is 5.54 Å². The van der Waals surface area contributed by atoms with Crippen molar-refractivity contribution in [3.8, 4) is 0 Å². The molecule has 0 unspecified atom stereocenters. The molecule has 0 heterocycles. The number of nitrogens with two attached hydrogens (primary N) is 1. The van der Waals surface area contributed by atoms with Crippen molar-refractivity contribution < 1.29 is 14.8 Å². The van der Waals surface area contributed by atoms with Crippen molar-refractivity contribution >= 4 is 5.97 Å². The summed E-state index contributed by atoms with van der Waals surface area (Å²) < 4.78 is 0. The first-order valence-corrected chi connectivity index (χ1v) is 4.32. The normalized spacial score (nSPS) is 44.2. The summed E-state index contributed by atoms with van der Waals surface area (Å²) in [5, 5.41) is 19.7. The second kappa shape index (κ2) is 2.54. The average Bonchev–Trinajstić information content (AvgIpc) is 2.61. The molecule has 0 aromatic rings. The van der Waals surface area contributed by atoms with Crippen LogP contribution >= 0.6 is 0 Å². The highest BCUT2D eigenvalue weighted by atomic mass is 16.6. The topological polar surface area (TPSA) is 106 Å². The van der Waals surface area contributed by atoms with Crippen LogP contribution in [0.15, 0.2) is 12.2 Å². The lowest BCUT2D eigenvalue weighted by Gasteiger charge is -2.28. The van der Waals surface area contributed by atoms with Crippen LogP contribution in [-0.4, -0.2) is 27.6 Å². The van der Waals surface area contributed by atoms with Gasteiger partial charge in [-0.3, -0.25) is 10.1 Å². The molecule has 6 nitrogen and oxygen atoms in total. The Bertz CT molecular complexity index is 340. The molecule has 0 aromatic heterocycles. The van der Waals surface area contributed by atoms with Gasteiger partial charge in [0.1, 0.15) is 0 Å². The molecule has 2 aliphatic rings. The Morgan fingerprint density at radius 1 is 1.64 bits per heavy atom. The van der Waals surface area contributed by atoms with Crippen LogP contribution in [0.3, 0.4) is 0 Å². The molecule has 14 heavy (non-hydrogen) atoms. The second-order valence-corrected chi connectivity index (χ2v) is 3.86. The van der Waals surface area contributed by atoms with Crippen LogP contribution < -0.4 is 5.73 Å². The zero-order valence-electron chi connectivity index (χ0n) is 7.29. The first-order chi connectivity index (χ1) is 6.48. The first kappa shape index (κ1) is 9.14. The van der Waals surface area contributed by atoms with Gasteiger partial charge in [-0.05, 0) is 6.42 Å². The van der Waals surface area contributed by atoms with Gasteiger partial charge in [0.25, 0.3) is 0 Å². The predicted octanol–water partition coefficient (Wildman–Crippen LogP) is -0.380. The van der Waals surface area contributed by atoms with Crippen molar-refractivity contribution in [2.24, 2.45) is 17.6 Å². The van der Waals surface area contributed by atoms with Crippen LogP contribution in [0.4, 0.5) is 0 Å². The number of nitrogens with zero attached hydrogens (tertiary/aromatic N) is 1. The van der Waals surface area contributed by atoms with E-state index < -0.39 is 28.4 Å². The molecular weight excluding hydrogens is 188 g/mol. The molecule has 2 rings (SSSR count). The fourth-order valence-electron chi connectivity index (χ4n) is 2.51. The van der Waals surface area contributed by atoms with Gasteiger partial charge in [-0.15, -0.1) is 0 Å². The van der Waals surface area contributed by atoms with E-state index in [4.69, 9.17) is 10.8 Å². The average molecular weight is 198 g/mol. The second-order valence-electron chi connectivity index (χ2n) is 3.86. The van der Waals surface area contributed by atoms with E-state index >= 15 is 0 Å². The van der Waals surface area contributed by atoms with Gasteiger partial charge < -0.3 is 10.8 Å². The maximum absolute atomic E-state index is 11.0. The van der Waals surface area contributed by atoms with Gasteiger partial charge in [0.05, 0.1) is 0 Å². The smallest absolute Gasteiger partial charge is 0.331 e. The zero-order chi connectivity index (χ0) is 10.5.